The van der Waals surface area contributed by atoms with Crippen LogP contribution in [-0.4, -0.2) is 326 Å². The number of hydrogen-bond donors (Lipinski definition) is 7. The predicted octanol–water partition coefficient (Wildman–Crippen LogP) is 1.47. The van der Waals surface area contributed by atoms with Crippen LogP contribution >= 0.6 is 23.2 Å². The number of carbonyl (C=O) groups excluding carboxylic acids is 1. The van der Waals surface area contributed by atoms with Crippen LogP contribution in [0.1, 0.15) is 97.0 Å². The number of fused-ring (bicyclic) bond motifs is 4. The highest BCUT2D eigenvalue weighted by molar-refractivity contribution is 6.39. The summed E-state index contributed by atoms with van der Waals surface area (Å²) >= 11 is 12.8. The minimum Gasteiger partial charge on any atom is -0.505 e. The number of aliphatic hydroxyl groups is 4. The number of aromatic hydroxyl groups is 1. The Morgan fingerprint density at radius 3 is 2.00 bits per heavy atom. The number of phenols is 1. The van der Waals surface area contributed by atoms with E-state index < -0.39 is 225 Å². The van der Waals surface area contributed by atoms with Crippen molar-refractivity contribution in [3.05, 3.63) is 21.2 Å². The molecule has 2 spiro atoms. The number of rotatable bonds is 22. The molecule has 0 bridgehead atoms. The Morgan fingerprint density at radius 1 is 0.650 bits per heavy atom. The third-order valence-electron chi connectivity index (χ3n) is 21.9. The highest BCUT2D eigenvalue weighted by Gasteiger charge is 2.71. The maximum Gasteiger partial charge on any atom is 0.342 e. The first-order valence-corrected chi connectivity index (χ1v) is 35.4. The molecule has 35 atom stereocenters. The minimum absolute atomic E-state index is 0.00986. The fourth-order valence-corrected chi connectivity index (χ4v) is 17.1. The van der Waals surface area contributed by atoms with Crippen LogP contribution < -0.4 is 10.2 Å². The molecule has 11 saturated heterocycles. The number of ether oxygens (including phenoxy) is 27. The van der Waals surface area contributed by atoms with Gasteiger partial charge in [0.2, 0.25) is 0 Å². The molecule has 37 heteroatoms. The molecule has 0 unspecified atom stereocenters. The molecule has 0 amide bonds. The van der Waals surface area contributed by atoms with Crippen molar-refractivity contribution in [2.45, 2.75) is 301 Å². The molecule has 11 aliphatic rings. The van der Waals surface area contributed by atoms with Gasteiger partial charge in [0.1, 0.15) is 120 Å². The number of halogens is 2. The summed E-state index contributed by atoms with van der Waals surface area (Å²) in [5.74, 6) is -5.23. The molecule has 0 aromatic heterocycles. The molecule has 588 valence electrons. The summed E-state index contributed by atoms with van der Waals surface area (Å²) in [6.45, 7) is 14.6. The molecule has 12 rings (SSSR count). The van der Waals surface area contributed by atoms with Crippen LogP contribution in [-0.2, 0) is 123 Å². The fraction of sp³-hybridized carbons (Fsp3) is 0.894. The van der Waals surface area contributed by atoms with E-state index in [-0.39, 0.29) is 79.2 Å². The minimum atomic E-state index is -1.83. The molecule has 103 heavy (non-hydrogen) atoms. The molecule has 35 nitrogen and oxygen atoms in total. The summed E-state index contributed by atoms with van der Waals surface area (Å²) in [4.78, 5) is 14.3. The Hall–Kier alpha value is -2.37. The summed E-state index contributed by atoms with van der Waals surface area (Å²) in [6.07, 6.45) is -31.8. The van der Waals surface area contributed by atoms with E-state index >= 15 is 0 Å². The molecule has 11 aliphatic heterocycles. The Morgan fingerprint density at radius 2 is 1.33 bits per heavy atom. The quantitative estimate of drug-likeness (QED) is 0.0638. The lowest BCUT2D eigenvalue weighted by Crippen LogP contribution is -2.69. The van der Waals surface area contributed by atoms with Gasteiger partial charge >= 0.3 is 11.9 Å². The van der Waals surface area contributed by atoms with Crippen molar-refractivity contribution in [1.29, 1.82) is 0 Å². The number of hydroxylamine groups is 1. The molecule has 1 aromatic rings. The van der Waals surface area contributed by atoms with Crippen molar-refractivity contribution in [3.8, 4) is 11.5 Å². The van der Waals surface area contributed by atoms with Crippen molar-refractivity contribution in [1.82, 2.24) is 5.48 Å². The molecule has 0 aliphatic carbocycles. The number of methoxy groups -OCH3 is 7. The number of hydrogen-bond acceptors (Lipinski definition) is 35. The van der Waals surface area contributed by atoms with Crippen LogP contribution in [0.15, 0.2) is 0 Å². The first-order chi connectivity index (χ1) is 48.9. The van der Waals surface area contributed by atoms with Gasteiger partial charge in [0.05, 0.1) is 86.6 Å². The maximum absolute atomic E-state index is 14.3. The summed E-state index contributed by atoms with van der Waals surface area (Å²) in [5, 5.41) is 68.9. The summed E-state index contributed by atoms with van der Waals surface area (Å²) in [7, 11) is 9.88. The number of benzene rings is 1. The van der Waals surface area contributed by atoms with Gasteiger partial charge in [-0.2, -0.15) is 5.48 Å². The largest absolute Gasteiger partial charge is 0.505 e. The molecule has 11 fully saturated rings. The van der Waals surface area contributed by atoms with E-state index in [0.717, 1.165) is 0 Å². The number of phenolic OH excluding ortho intramolecular Hbond substituents is 1. The molecular formula is C66H101Cl2NO34. The van der Waals surface area contributed by atoms with E-state index in [1.807, 2.05) is 0 Å². The Kier molecular flexibility index (Phi) is 24.7. The molecule has 1 aromatic carbocycles. The zero-order chi connectivity index (χ0) is 74.3. The van der Waals surface area contributed by atoms with Gasteiger partial charge in [-0.3, -0.25) is 0 Å². The van der Waals surface area contributed by atoms with Crippen molar-refractivity contribution in [3.63, 3.8) is 0 Å². The third kappa shape index (κ3) is 14.9. The summed E-state index contributed by atoms with van der Waals surface area (Å²) in [6, 6.07) is 0. The van der Waals surface area contributed by atoms with Gasteiger partial charge in [0.25, 0.3) is 5.97 Å². The molecule has 7 N–H and O–H groups in total. The number of carbonyl (C=O) groups is 1. The Labute approximate surface area is 605 Å². The lowest BCUT2D eigenvalue weighted by Gasteiger charge is -2.49. The fourth-order valence-electron chi connectivity index (χ4n) is 16.6. The second-order valence-corrected chi connectivity index (χ2v) is 29.4. The summed E-state index contributed by atoms with van der Waals surface area (Å²) in [5.41, 5.74) is -1.52. The standard InChI is InChI=1S/C66H101Cl2NO34/c1-25-39(50(80-13)41(68)42(71)40(25)67)58(74)96-46-26(2)88-36(17-33(46)92-37-19-62(8,69-76)54(83-16)29(5)89-37)94-45-28(4)99-65(18-32(45)70)102-55-30(6)90-38(20-63(55,9)103-65)95-51-44(73)59(91-27(3)47(51)79-12)97-48-34(21-77-10)93-61(52(81-14)43(48)72)98-60-53(82-15)49-35(22-84-60)100-66(101-49)57-56(85-24-86-57)64(75,23-87-66)31(7)78-11/h26-38,43-49,51-57,59-61,69-73,75-76H,17-24H2,1-16H3/t26-,27-,28-,29+,30-,31+,32-,33-,34-,35+,36+,37+,38+,43+,44-,45-,46-,47+,48-,49-,51-,52+,53-,54+,55-,56-,57-,59+,60+,61+,62+,63-,64-,65-,66-/m1/s1. The zero-order valence-corrected chi connectivity index (χ0v) is 61.9. The Bertz CT molecular complexity index is 3050. The van der Waals surface area contributed by atoms with Crippen LogP contribution in [0, 0.1) is 6.92 Å². The van der Waals surface area contributed by atoms with Gasteiger partial charge < -0.3 is 159 Å². The van der Waals surface area contributed by atoms with Crippen LogP contribution in [0.25, 0.3) is 0 Å². The third-order valence-corrected chi connectivity index (χ3v) is 22.7. The molecule has 0 saturated carbocycles. The monoisotopic (exact) mass is 1520 g/mol. The zero-order valence-electron chi connectivity index (χ0n) is 60.3. The van der Waals surface area contributed by atoms with Crippen LogP contribution in [0.5, 0.6) is 11.5 Å². The molecular weight excluding hydrogens is 1420 g/mol. The molecule has 0 radical (unpaired) electrons. The van der Waals surface area contributed by atoms with Crippen molar-refractivity contribution < 1.29 is 163 Å². The van der Waals surface area contributed by atoms with E-state index in [9.17, 15) is 35.5 Å². The van der Waals surface area contributed by atoms with E-state index in [4.69, 9.17) is 151 Å². The highest BCUT2D eigenvalue weighted by atomic mass is 35.5. The average molecular weight is 1520 g/mol. The number of esters is 1. The van der Waals surface area contributed by atoms with Crippen LogP contribution in [0.3, 0.4) is 0 Å². The van der Waals surface area contributed by atoms with Gasteiger partial charge in [0, 0.05) is 61.9 Å². The number of nitrogens with one attached hydrogen (secondary N) is 1. The molecule has 11 heterocycles. The second kappa shape index (κ2) is 31.8. The van der Waals surface area contributed by atoms with E-state index in [1.165, 1.54) is 56.7 Å². The Balaban J connectivity index is 0.686. The topological polar surface area (TPSA) is 400 Å². The van der Waals surface area contributed by atoms with Gasteiger partial charge in [-0.05, 0) is 67.9 Å². The van der Waals surface area contributed by atoms with Gasteiger partial charge in [-0.1, -0.05) is 23.2 Å². The first-order valence-electron chi connectivity index (χ1n) is 34.6. The maximum atomic E-state index is 14.3. The normalized spacial score (nSPS) is 48.7. The summed E-state index contributed by atoms with van der Waals surface area (Å²) < 4.78 is 168. The highest BCUT2D eigenvalue weighted by Crippen LogP contribution is 2.53. The average Bonchev–Trinajstić information content (AvgIpc) is 1.59. The lowest BCUT2D eigenvalue weighted by molar-refractivity contribution is -0.422. The van der Waals surface area contributed by atoms with E-state index in [0.29, 0.717) is 0 Å². The van der Waals surface area contributed by atoms with E-state index in [2.05, 4.69) is 5.48 Å². The predicted molar refractivity (Wildman–Crippen MR) is 342 cm³/mol. The van der Waals surface area contributed by atoms with Gasteiger partial charge in [0.15, 0.2) is 61.4 Å². The smallest absolute Gasteiger partial charge is 0.342 e. The first kappa shape index (κ1) is 80.2. The van der Waals surface area contributed by atoms with Crippen LogP contribution in [0.4, 0.5) is 0 Å². The SMILES string of the molecule is COC[C@H]1O[C@@H](O[C@@H]2OC[C@@H]3O[C@@]4(OC[C@@](O)([C@H](C)OC)[C@@H]5OCO[C@H]54)O[C@H]3[C@H]2OC)[C@@H](OC)[C@@H](O)[C@@H]1O[C@@H]1O[C@H](C)[C@H](OC)[C@H](O[C@H]2C[C@@]3(C)O[C@@]4(C[C@@H](O)[C@H](O[C@H]5C[C@@H](O[C@H]6C[C@](C)(NO)[C@@H](OC)[C@H](C)O6)[C@H](OC(=O)c6c(C)c(Cl)c(O)c(Cl)c6OC)[C@@H](C)O5)[C@@H](C)O4)O[C@@H]3[C@@H](C)O2)[C@H]1O. The van der Waals surface area contributed by atoms with Crippen molar-refractivity contribution >= 4 is 29.2 Å². The van der Waals surface area contributed by atoms with Gasteiger partial charge in [-0.15, -0.1) is 0 Å². The lowest BCUT2D eigenvalue weighted by atomic mass is 9.85. The van der Waals surface area contributed by atoms with Crippen molar-refractivity contribution in [2.24, 2.45) is 0 Å². The van der Waals surface area contributed by atoms with E-state index in [1.54, 1.807) is 55.4 Å². The second-order valence-electron chi connectivity index (χ2n) is 28.6. The van der Waals surface area contributed by atoms with Crippen molar-refractivity contribution in [2.75, 3.05) is 76.4 Å². The van der Waals surface area contributed by atoms with Gasteiger partial charge in [-0.25, -0.2) is 4.79 Å². The van der Waals surface area contributed by atoms with Crippen LogP contribution in [0.2, 0.25) is 10.0 Å². The number of aliphatic hydroxyl groups excluding tert-OH is 3.